The summed E-state index contributed by atoms with van der Waals surface area (Å²) in [5.41, 5.74) is 0. The maximum absolute atomic E-state index is 11.7. The van der Waals surface area contributed by atoms with Crippen LogP contribution >= 0.6 is 11.8 Å². The van der Waals surface area contributed by atoms with Crippen LogP contribution < -0.4 is 10.6 Å². The van der Waals surface area contributed by atoms with Gasteiger partial charge in [-0.15, -0.1) is 10.2 Å². The summed E-state index contributed by atoms with van der Waals surface area (Å²) in [6.45, 7) is 5.80. The highest BCUT2D eigenvalue weighted by atomic mass is 32.2. The quantitative estimate of drug-likeness (QED) is 0.356. The number of nitrogens with zero attached hydrogens (tertiary/aromatic N) is 5. The topological polar surface area (TPSA) is 87.4 Å². The number of aromatic nitrogens is 3. The largest absolute Gasteiger partial charge is 0.356 e. The SMILES string of the molecule is CSCCCNC(=NCc1nnc(C)n1C)NCCCN1CCCC1=O. The molecule has 1 saturated heterocycles. The third-order valence-corrected chi connectivity index (χ3v) is 5.14. The summed E-state index contributed by atoms with van der Waals surface area (Å²) in [5, 5.41) is 15.0. The standard InChI is InChI=1S/C17H31N7OS/c1-14-21-22-15(23(14)2)13-20-17(19-9-6-12-26-3)18-8-5-11-24-10-4-7-16(24)25/h4-13H2,1-3H3,(H2,18,19,20). The summed E-state index contributed by atoms with van der Waals surface area (Å²) >= 11 is 1.84. The van der Waals surface area contributed by atoms with Crippen molar-refractivity contribution < 1.29 is 4.79 Å². The Morgan fingerprint density at radius 3 is 2.65 bits per heavy atom. The van der Waals surface area contributed by atoms with E-state index in [0.717, 1.165) is 68.8 Å². The molecule has 0 saturated carbocycles. The van der Waals surface area contributed by atoms with Crippen LogP contribution in [-0.4, -0.2) is 69.7 Å². The number of hydrogen-bond donors (Lipinski definition) is 2. The number of carbonyl (C=O) groups excluding carboxylic acids is 1. The molecule has 26 heavy (non-hydrogen) atoms. The molecule has 0 bridgehead atoms. The first-order valence-corrected chi connectivity index (χ1v) is 10.6. The van der Waals surface area contributed by atoms with E-state index in [1.807, 2.05) is 35.2 Å². The van der Waals surface area contributed by atoms with Gasteiger partial charge in [0, 0.05) is 39.6 Å². The van der Waals surface area contributed by atoms with E-state index in [0.29, 0.717) is 13.0 Å². The number of aryl methyl sites for hydroxylation is 1. The van der Waals surface area contributed by atoms with Crippen LogP contribution in [0.5, 0.6) is 0 Å². The van der Waals surface area contributed by atoms with Crippen molar-refractivity contribution in [2.24, 2.45) is 12.0 Å². The fourth-order valence-corrected chi connectivity index (χ4v) is 3.19. The van der Waals surface area contributed by atoms with Gasteiger partial charge in [-0.1, -0.05) is 0 Å². The van der Waals surface area contributed by atoms with Gasteiger partial charge >= 0.3 is 0 Å². The fourth-order valence-electron chi connectivity index (χ4n) is 2.75. The van der Waals surface area contributed by atoms with E-state index < -0.39 is 0 Å². The van der Waals surface area contributed by atoms with Crippen molar-refractivity contribution in [3.05, 3.63) is 11.6 Å². The molecule has 2 heterocycles. The lowest BCUT2D eigenvalue weighted by molar-refractivity contribution is -0.127. The fraction of sp³-hybridized carbons (Fsp3) is 0.765. The number of carbonyl (C=O) groups is 1. The molecule has 1 aromatic rings. The van der Waals surface area contributed by atoms with Gasteiger partial charge in [0.05, 0.1) is 0 Å². The van der Waals surface area contributed by atoms with Crippen molar-refractivity contribution in [3.63, 3.8) is 0 Å². The molecule has 0 spiro atoms. The molecule has 9 heteroatoms. The Morgan fingerprint density at radius 2 is 2.04 bits per heavy atom. The first-order chi connectivity index (χ1) is 12.6. The van der Waals surface area contributed by atoms with Crippen LogP contribution in [0.3, 0.4) is 0 Å². The summed E-state index contributed by atoms with van der Waals surface area (Å²) < 4.78 is 1.95. The van der Waals surface area contributed by atoms with E-state index in [9.17, 15) is 4.79 Å². The number of aliphatic imine (C=N–C) groups is 1. The average Bonchev–Trinajstić information content (AvgIpc) is 3.19. The van der Waals surface area contributed by atoms with Crippen LogP contribution in [-0.2, 0) is 18.4 Å². The van der Waals surface area contributed by atoms with Gasteiger partial charge in [-0.2, -0.15) is 11.8 Å². The van der Waals surface area contributed by atoms with E-state index in [4.69, 9.17) is 0 Å². The lowest BCUT2D eigenvalue weighted by atomic mass is 10.4. The molecule has 1 aromatic heterocycles. The molecule has 0 aromatic carbocycles. The van der Waals surface area contributed by atoms with Crippen molar-refractivity contribution in [2.75, 3.05) is 38.2 Å². The molecule has 8 nitrogen and oxygen atoms in total. The van der Waals surface area contributed by atoms with Gasteiger partial charge in [0.1, 0.15) is 12.4 Å². The van der Waals surface area contributed by atoms with E-state index >= 15 is 0 Å². The molecule has 2 N–H and O–H groups in total. The monoisotopic (exact) mass is 381 g/mol. The normalized spacial score (nSPS) is 15.0. The zero-order chi connectivity index (χ0) is 18.8. The molecule has 1 aliphatic rings. The van der Waals surface area contributed by atoms with Gasteiger partial charge in [-0.25, -0.2) is 4.99 Å². The molecule has 0 unspecified atom stereocenters. The van der Waals surface area contributed by atoms with Crippen LogP contribution in [0, 0.1) is 6.92 Å². The van der Waals surface area contributed by atoms with Gasteiger partial charge in [0.2, 0.25) is 5.91 Å². The Bertz CT molecular complexity index is 602. The highest BCUT2D eigenvalue weighted by molar-refractivity contribution is 7.98. The maximum atomic E-state index is 11.7. The molecule has 0 atom stereocenters. The summed E-state index contributed by atoms with van der Waals surface area (Å²) in [5.74, 6) is 3.93. The number of rotatable bonds is 10. The molecule has 1 fully saturated rings. The minimum Gasteiger partial charge on any atom is -0.356 e. The first-order valence-electron chi connectivity index (χ1n) is 9.25. The van der Waals surface area contributed by atoms with E-state index in [-0.39, 0.29) is 5.91 Å². The van der Waals surface area contributed by atoms with Crippen LogP contribution in [0.2, 0.25) is 0 Å². The van der Waals surface area contributed by atoms with Crippen molar-refractivity contribution in [2.45, 2.75) is 39.2 Å². The number of thioether (sulfide) groups is 1. The minimum absolute atomic E-state index is 0.284. The molecule has 146 valence electrons. The van der Waals surface area contributed by atoms with E-state index in [1.165, 1.54) is 0 Å². The van der Waals surface area contributed by atoms with Crippen molar-refractivity contribution in [1.29, 1.82) is 0 Å². The predicted molar refractivity (Wildman–Crippen MR) is 106 cm³/mol. The van der Waals surface area contributed by atoms with Gasteiger partial charge in [-0.3, -0.25) is 4.79 Å². The summed E-state index contributed by atoms with van der Waals surface area (Å²) in [4.78, 5) is 18.2. The van der Waals surface area contributed by atoms with Gasteiger partial charge < -0.3 is 20.1 Å². The lowest BCUT2D eigenvalue weighted by Gasteiger charge is -2.16. The highest BCUT2D eigenvalue weighted by Gasteiger charge is 2.18. The summed E-state index contributed by atoms with van der Waals surface area (Å²) in [6.07, 6.45) is 5.82. The Hall–Kier alpha value is -1.77. The number of guanidine groups is 1. The molecule has 0 radical (unpaired) electrons. The third kappa shape index (κ3) is 6.51. The van der Waals surface area contributed by atoms with Crippen molar-refractivity contribution >= 4 is 23.6 Å². The third-order valence-electron chi connectivity index (χ3n) is 4.45. The molecular weight excluding hydrogens is 350 g/mol. The predicted octanol–water partition coefficient (Wildman–Crippen LogP) is 0.924. The number of amides is 1. The summed E-state index contributed by atoms with van der Waals surface area (Å²) in [7, 11) is 1.95. The molecule has 1 aliphatic heterocycles. The van der Waals surface area contributed by atoms with Crippen LogP contribution in [0.1, 0.15) is 37.3 Å². The van der Waals surface area contributed by atoms with Crippen LogP contribution in [0.25, 0.3) is 0 Å². The van der Waals surface area contributed by atoms with E-state index in [1.54, 1.807) is 0 Å². The second-order valence-corrected chi connectivity index (χ2v) is 7.41. The summed E-state index contributed by atoms with van der Waals surface area (Å²) in [6, 6.07) is 0. The first kappa shape index (κ1) is 20.5. The Balaban J connectivity index is 1.80. The molecular formula is C17H31N7OS. The van der Waals surface area contributed by atoms with E-state index in [2.05, 4.69) is 32.1 Å². The Kier molecular flexibility index (Phi) is 8.73. The molecule has 2 rings (SSSR count). The van der Waals surface area contributed by atoms with Crippen molar-refractivity contribution in [1.82, 2.24) is 30.3 Å². The number of hydrogen-bond acceptors (Lipinski definition) is 5. The second kappa shape index (κ2) is 11.1. The lowest BCUT2D eigenvalue weighted by Crippen LogP contribution is -2.39. The number of nitrogens with one attached hydrogen (secondary N) is 2. The van der Waals surface area contributed by atoms with Crippen molar-refractivity contribution in [3.8, 4) is 0 Å². The van der Waals surface area contributed by atoms with Gasteiger partial charge in [0.15, 0.2) is 11.8 Å². The molecule has 0 aliphatic carbocycles. The zero-order valence-corrected chi connectivity index (χ0v) is 16.9. The maximum Gasteiger partial charge on any atom is 0.222 e. The second-order valence-electron chi connectivity index (χ2n) is 6.43. The van der Waals surface area contributed by atoms with Gasteiger partial charge in [-0.05, 0) is 38.2 Å². The average molecular weight is 382 g/mol. The Labute approximate surface area is 160 Å². The molecule has 1 amide bonds. The van der Waals surface area contributed by atoms with Crippen LogP contribution in [0.15, 0.2) is 4.99 Å². The van der Waals surface area contributed by atoms with Gasteiger partial charge in [0.25, 0.3) is 0 Å². The minimum atomic E-state index is 0.284. The van der Waals surface area contributed by atoms with Crippen LogP contribution in [0.4, 0.5) is 0 Å². The zero-order valence-electron chi connectivity index (χ0n) is 16.1. The Morgan fingerprint density at radius 1 is 1.27 bits per heavy atom. The number of likely N-dealkylation sites (tertiary alicyclic amines) is 1. The smallest absolute Gasteiger partial charge is 0.222 e. The highest BCUT2D eigenvalue weighted by Crippen LogP contribution is 2.09.